The molecule has 1 aliphatic carbocycles. The molecule has 1 aromatic heterocycles. The van der Waals surface area contributed by atoms with Crippen LogP contribution in [-0.4, -0.2) is 15.3 Å². The summed E-state index contributed by atoms with van der Waals surface area (Å²) in [5.41, 5.74) is 8.06. The predicted molar refractivity (Wildman–Crippen MR) is 66.2 cm³/mol. The summed E-state index contributed by atoms with van der Waals surface area (Å²) in [5.74, 6) is 0. The van der Waals surface area contributed by atoms with Crippen molar-refractivity contribution in [3.63, 3.8) is 0 Å². The van der Waals surface area contributed by atoms with Crippen LogP contribution < -0.4 is 5.73 Å². The third-order valence-corrected chi connectivity index (χ3v) is 4.30. The van der Waals surface area contributed by atoms with Crippen LogP contribution in [0.2, 0.25) is 0 Å². The molecule has 0 radical (unpaired) electrons. The lowest BCUT2D eigenvalue weighted by Gasteiger charge is -2.38. The van der Waals surface area contributed by atoms with Crippen LogP contribution in [-0.2, 0) is 13.0 Å². The molecule has 16 heavy (non-hydrogen) atoms. The highest BCUT2D eigenvalue weighted by atomic mass is 15.3. The van der Waals surface area contributed by atoms with Gasteiger partial charge in [-0.1, -0.05) is 20.3 Å². The van der Waals surface area contributed by atoms with Gasteiger partial charge in [0.05, 0.1) is 6.20 Å². The van der Waals surface area contributed by atoms with Gasteiger partial charge < -0.3 is 5.73 Å². The van der Waals surface area contributed by atoms with Crippen molar-refractivity contribution in [3.8, 4) is 0 Å². The molecule has 3 nitrogen and oxygen atoms in total. The van der Waals surface area contributed by atoms with Crippen molar-refractivity contribution in [2.24, 2.45) is 11.1 Å². The van der Waals surface area contributed by atoms with E-state index in [1.807, 2.05) is 10.9 Å². The van der Waals surface area contributed by atoms with Gasteiger partial charge in [0.1, 0.15) is 0 Å². The summed E-state index contributed by atoms with van der Waals surface area (Å²) in [6.45, 7) is 7.63. The minimum Gasteiger partial charge on any atom is -0.324 e. The van der Waals surface area contributed by atoms with Crippen LogP contribution in [0, 0.1) is 5.41 Å². The van der Waals surface area contributed by atoms with E-state index >= 15 is 0 Å². The summed E-state index contributed by atoms with van der Waals surface area (Å²) < 4.78 is 1.97. The Morgan fingerprint density at radius 1 is 1.44 bits per heavy atom. The minimum atomic E-state index is -0.0470. The standard InChI is InChI=1S/C13H23N3/c1-4-16-10-11(9-15-16)8-13(14)7-5-6-12(13,2)3/h9-10H,4-8,14H2,1-3H3. The van der Waals surface area contributed by atoms with Gasteiger partial charge in [0.15, 0.2) is 0 Å². The topological polar surface area (TPSA) is 43.8 Å². The quantitative estimate of drug-likeness (QED) is 0.851. The van der Waals surface area contributed by atoms with Crippen LogP contribution >= 0.6 is 0 Å². The van der Waals surface area contributed by atoms with Gasteiger partial charge in [0.25, 0.3) is 0 Å². The second-order valence-electron chi connectivity index (χ2n) is 5.77. The highest BCUT2D eigenvalue weighted by Gasteiger charge is 2.45. The first-order valence-corrected chi connectivity index (χ1v) is 6.27. The average Bonchev–Trinajstić information content (AvgIpc) is 2.73. The van der Waals surface area contributed by atoms with Crippen molar-refractivity contribution < 1.29 is 0 Å². The van der Waals surface area contributed by atoms with Crippen molar-refractivity contribution in [2.45, 2.75) is 58.5 Å². The van der Waals surface area contributed by atoms with Gasteiger partial charge >= 0.3 is 0 Å². The van der Waals surface area contributed by atoms with Gasteiger partial charge in [-0.2, -0.15) is 5.10 Å². The molecule has 3 heteroatoms. The molecule has 0 aliphatic heterocycles. The summed E-state index contributed by atoms with van der Waals surface area (Å²) in [7, 11) is 0. The highest BCUT2D eigenvalue weighted by Crippen LogP contribution is 2.45. The SMILES string of the molecule is CCn1cc(CC2(N)CCCC2(C)C)cn1. The Labute approximate surface area is 98.0 Å². The lowest BCUT2D eigenvalue weighted by atomic mass is 9.72. The summed E-state index contributed by atoms with van der Waals surface area (Å²) >= 11 is 0. The van der Waals surface area contributed by atoms with E-state index in [4.69, 9.17) is 5.73 Å². The zero-order valence-corrected chi connectivity index (χ0v) is 10.7. The fourth-order valence-corrected chi connectivity index (χ4v) is 2.80. The van der Waals surface area contributed by atoms with Gasteiger partial charge in [-0.3, -0.25) is 4.68 Å². The molecule has 1 fully saturated rings. The average molecular weight is 221 g/mol. The first-order valence-electron chi connectivity index (χ1n) is 6.27. The fourth-order valence-electron chi connectivity index (χ4n) is 2.80. The normalized spacial score (nSPS) is 28.5. The minimum absolute atomic E-state index is 0.0470. The van der Waals surface area contributed by atoms with Crippen LogP contribution in [0.5, 0.6) is 0 Å². The molecule has 2 N–H and O–H groups in total. The van der Waals surface area contributed by atoms with Gasteiger partial charge in [0, 0.05) is 18.3 Å². The molecule has 2 rings (SSSR count). The number of nitrogens with two attached hydrogens (primary N) is 1. The second kappa shape index (κ2) is 3.88. The van der Waals surface area contributed by atoms with Gasteiger partial charge in [-0.05, 0) is 37.2 Å². The third kappa shape index (κ3) is 1.88. The number of aryl methyl sites for hydroxylation is 1. The van der Waals surface area contributed by atoms with Crippen molar-refractivity contribution in [3.05, 3.63) is 18.0 Å². The first-order chi connectivity index (χ1) is 7.47. The molecule has 0 aromatic carbocycles. The lowest BCUT2D eigenvalue weighted by Crippen LogP contribution is -2.50. The van der Waals surface area contributed by atoms with Crippen LogP contribution in [0.15, 0.2) is 12.4 Å². The van der Waals surface area contributed by atoms with Crippen molar-refractivity contribution in [1.82, 2.24) is 9.78 Å². The Balaban J connectivity index is 2.14. The molecule has 1 aromatic rings. The van der Waals surface area contributed by atoms with Crippen LogP contribution in [0.25, 0.3) is 0 Å². The van der Waals surface area contributed by atoms with E-state index in [2.05, 4.69) is 32.1 Å². The molecule has 90 valence electrons. The Kier molecular flexibility index (Phi) is 2.82. The third-order valence-electron chi connectivity index (χ3n) is 4.30. The van der Waals surface area contributed by atoms with E-state index in [1.165, 1.54) is 18.4 Å². The van der Waals surface area contributed by atoms with Crippen LogP contribution in [0.4, 0.5) is 0 Å². The van der Waals surface area contributed by atoms with Crippen molar-refractivity contribution in [2.75, 3.05) is 0 Å². The fraction of sp³-hybridized carbons (Fsp3) is 0.769. The molecule has 1 unspecified atom stereocenters. The Hall–Kier alpha value is -0.830. The van der Waals surface area contributed by atoms with E-state index in [-0.39, 0.29) is 11.0 Å². The maximum atomic E-state index is 6.58. The molecular formula is C13H23N3. The molecule has 0 spiro atoms. The van der Waals surface area contributed by atoms with Crippen LogP contribution in [0.3, 0.4) is 0 Å². The lowest BCUT2D eigenvalue weighted by molar-refractivity contribution is 0.207. The second-order valence-corrected chi connectivity index (χ2v) is 5.77. The van der Waals surface area contributed by atoms with Crippen molar-refractivity contribution in [1.29, 1.82) is 0 Å². The number of aromatic nitrogens is 2. The van der Waals surface area contributed by atoms with E-state index in [0.29, 0.717) is 0 Å². The van der Waals surface area contributed by atoms with Gasteiger partial charge in [-0.25, -0.2) is 0 Å². The molecular weight excluding hydrogens is 198 g/mol. The predicted octanol–water partition coefficient (Wildman–Crippen LogP) is 2.35. The summed E-state index contributed by atoms with van der Waals surface area (Å²) in [6.07, 6.45) is 8.68. The highest BCUT2D eigenvalue weighted by molar-refractivity contribution is 5.15. The molecule has 1 atom stereocenters. The number of hydrogen-bond donors (Lipinski definition) is 1. The monoisotopic (exact) mass is 221 g/mol. The molecule has 1 saturated carbocycles. The smallest absolute Gasteiger partial charge is 0.0522 e. The summed E-state index contributed by atoms with van der Waals surface area (Å²) in [4.78, 5) is 0. The largest absolute Gasteiger partial charge is 0.324 e. The van der Waals surface area contributed by atoms with E-state index in [1.54, 1.807) is 0 Å². The Morgan fingerprint density at radius 2 is 2.19 bits per heavy atom. The zero-order chi connectivity index (χ0) is 11.8. The maximum absolute atomic E-state index is 6.58. The van der Waals surface area contributed by atoms with E-state index < -0.39 is 0 Å². The first kappa shape index (κ1) is 11.6. The number of hydrogen-bond acceptors (Lipinski definition) is 2. The van der Waals surface area contributed by atoms with Gasteiger partial charge in [-0.15, -0.1) is 0 Å². The van der Waals surface area contributed by atoms with E-state index in [0.717, 1.165) is 19.4 Å². The van der Waals surface area contributed by atoms with Gasteiger partial charge in [0.2, 0.25) is 0 Å². The molecule has 1 aliphatic rings. The summed E-state index contributed by atoms with van der Waals surface area (Å²) in [6, 6.07) is 0. The number of nitrogens with zero attached hydrogens (tertiary/aromatic N) is 2. The van der Waals surface area contributed by atoms with Crippen LogP contribution in [0.1, 0.15) is 45.6 Å². The maximum Gasteiger partial charge on any atom is 0.0522 e. The van der Waals surface area contributed by atoms with E-state index in [9.17, 15) is 0 Å². The summed E-state index contributed by atoms with van der Waals surface area (Å²) in [5, 5.41) is 4.32. The van der Waals surface area contributed by atoms with Crippen molar-refractivity contribution >= 4 is 0 Å². The zero-order valence-electron chi connectivity index (χ0n) is 10.7. The Morgan fingerprint density at radius 3 is 2.69 bits per heavy atom. The molecule has 1 heterocycles. The number of rotatable bonds is 3. The molecule has 0 saturated heterocycles. The Bertz CT molecular complexity index is 367. The molecule has 0 bridgehead atoms. The molecule has 0 amide bonds.